The van der Waals surface area contributed by atoms with Gasteiger partial charge in [0, 0.05) is 11.1 Å². The highest BCUT2D eigenvalue weighted by Gasteiger charge is 2.28. The van der Waals surface area contributed by atoms with Gasteiger partial charge in [-0.1, -0.05) is 24.3 Å². The summed E-state index contributed by atoms with van der Waals surface area (Å²) >= 11 is 0. The maximum Gasteiger partial charge on any atom is 0.419 e. The van der Waals surface area contributed by atoms with Gasteiger partial charge in [-0.3, -0.25) is 15.1 Å². The van der Waals surface area contributed by atoms with Crippen LogP contribution >= 0.6 is 0 Å². The van der Waals surface area contributed by atoms with Crippen LogP contribution in [0.2, 0.25) is 0 Å². The summed E-state index contributed by atoms with van der Waals surface area (Å²) < 4.78 is 33.9. The van der Waals surface area contributed by atoms with Gasteiger partial charge in [0.25, 0.3) is 0 Å². The number of rotatable bonds is 3. The number of nitrogens with zero attached hydrogens (tertiary/aromatic N) is 2. The van der Waals surface area contributed by atoms with E-state index >= 15 is 0 Å². The van der Waals surface area contributed by atoms with E-state index in [1.807, 2.05) is 0 Å². The molecular formula is C23H14F2N4O3. The van der Waals surface area contributed by atoms with Crippen LogP contribution in [-0.4, -0.2) is 34.1 Å². The molecule has 4 aromatic rings. The number of hydrogen-bond donors (Lipinski definition) is 2. The molecule has 0 aliphatic carbocycles. The van der Waals surface area contributed by atoms with Gasteiger partial charge in [-0.15, -0.1) is 0 Å². The molecule has 0 spiro atoms. The van der Waals surface area contributed by atoms with Crippen LogP contribution in [0.5, 0.6) is 5.75 Å². The van der Waals surface area contributed by atoms with Crippen LogP contribution in [0.1, 0.15) is 21.5 Å². The van der Waals surface area contributed by atoms with E-state index < -0.39 is 23.5 Å². The standard InChI is InChI=1S/C23H14F2N4O3/c24-14-7-8-15(25)20-19(14)18(30)11-26-21(20)12-6-9-16-17(10-12)28-22(27-16)29-23(31)32-13-4-2-1-3-5-13/h1-10H,11H2,(H2,27,28,29,31). The van der Waals surface area contributed by atoms with Crippen LogP contribution < -0.4 is 10.1 Å². The van der Waals surface area contributed by atoms with Crippen LogP contribution in [-0.2, 0) is 0 Å². The number of aromatic nitrogens is 2. The Morgan fingerprint density at radius 2 is 1.75 bits per heavy atom. The first-order valence-electron chi connectivity index (χ1n) is 9.59. The van der Waals surface area contributed by atoms with Gasteiger partial charge in [0.2, 0.25) is 5.95 Å². The maximum absolute atomic E-state index is 14.5. The number of anilines is 1. The van der Waals surface area contributed by atoms with Crippen molar-refractivity contribution in [3.8, 4) is 5.75 Å². The van der Waals surface area contributed by atoms with Crippen molar-refractivity contribution < 1.29 is 23.1 Å². The third-order valence-corrected chi connectivity index (χ3v) is 4.93. The largest absolute Gasteiger partial charge is 0.419 e. The Kier molecular flexibility index (Phi) is 4.70. The number of carbonyl (C=O) groups excluding carboxylic acids is 2. The molecule has 9 heteroatoms. The Hall–Kier alpha value is -4.40. The first-order chi connectivity index (χ1) is 15.5. The topological polar surface area (TPSA) is 96.4 Å². The molecule has 1 amide bonds. The predicted molar refractivity (Wildman–Crippen MR) is 113 cm³/mol. The molecule has 0 unspecified atom stereocenters. The second-order valence-corrected chi connectivity index (χ2v) is 7.01. The lowest BCUT2D eigenvalue weighted by Gasteiger charge is -2.17. The number of aliphatic imine (C=N–C) groups is 1. The lowest BCUT2D eigenvalue weighted by atomic mass is 9.91. The fourth-order valence-electron chi connectivity index (χ4n) is 3.53. The van der Waals surface area contributed by atoms with Gasteiger partial charge in [-0.25, -0.2) is 18.6 Å². The van der Waals surface area contributed by atoms with Gasteiger partial charge in [-0.05, 0) is 36.4 Å². The summed E-state index contributed by atoms with van der Waals surface area (Å²) in [4.78, 5) is 35.6. The summed E-state index contributed by atoms with van der Waals surface area (Å²) in [6.07, 6.45) is -0.725. The Balaban J connectivity index is 1.45. The van der Waals surface area contributed by atoms with Crippen LogP contribution in [0.25, 0.3) is 11.0 Å². The number of hydrogen-bond acceptors (Lipinski definition) is 5. The van der Waals surface area contributed by atoms with Crippen molar-refractivity contribution in [1.82, 2.24) is 9.97 Å². The molecule has 1 aromatic heterocycles. The van der Waals surface area contributed by atoms with E-state index in [9.17, 15) is 18.4 Å². The van der Waals surface area contributed by atoms with Crippen molar-refractivity contribution in [2.75, 3.05) is 11.9 Å². The third-order valence-electron chi connectivity index (χ3n) is 4.93. The highest BCUT2D eigenvalue weighted by Crippen LogP contribution is 2.27. The van der Waals surface area contributed by atoms with Crippen LogP contribution in [0.3, 0.4) is 0 Å². The van der Waals surface area contributed by atoms with Crippen molar-refractivity contribution in [3.05, 3.63) is 89.0 Å². The summed E-state index contributed by atoms with van der Waals surface area (Å²) in [5.74, 6) is -1.57. The number of ether oxygens (including phenoxy) is 1. The molecule has 3 aromatic carbocycles. The molecule has 0 atom stereocenters. The molecule has 7 nitrogen and oxygen atoms in total. The molecule has 32 heavy (non-hydrogen) atoms. The fraction of sp³-hybridized carbons (Fsp3) is 0.0435. The summed E-state index contributed by atoms with van der Waals surface area (Å²) in [5, 5.41) is 2.50. The first kappa shape index (κ1) is 19.6. The minimum absolute atomic E-state index is 0.150. The number of H-pyrrole nitrogens is 1. The number of halogens is 2. The zero-order chi connectivity index (χ0) is 22.2. The monoisotopic (exact) mass is 432 g/mol. The Labute approximate surface area is 179 Å². The van der Waals surface area contributed by atoms with Crippen LogP contribution in [0, 0.1) is 11.6 Å². The van der Waals surface area contributed by atoms with Crippen molar-refractivity contribution >= 4 is 34.6 Å². The molecule has 0 bridgehead atoms. The Morgan fingerprint density at radius 1 is 1.00 bits per heavy atom. The molecule has 0 fully saturated rings. The summed E-state index contributed by atoms with van der Waals surface area (Å²) in [5.41, 5.74) is 1.23. The quantitative estimate of drug-likeness (QED) is 0.499. The minimum atomic E-state index is -0.787. The minimum Gasteiger partial charge on any atom is -0.410 e. The van der Waals surface area contributed by atoms with E-state index in [2.05, 4.69) is 20.3 Å². The van der Waals surface area contributed by atoms with Gasteiger partial charge in [-0.2, -0.15) is 0 Å². The zero-order valence-electron chi connectivity index (χ0n) is 16.4. The van der Waals surface area contributed by atoms with Gasteiger partial charge >= 0.3 is 6.09 Å². The van der Waals surface area contributed by atoms with Gasteiger partial charge in [0.15, 0.2) is 5.78 Å². The van der Waals surface area contributed by atoms with Crippen molar-refractivity contribution in [1.29, 1.82) is 0 Å². The summed E-state index contributed by atoms with van der Waals surface area (Å²) in [6.45, 7) is -0.276. The average molecular weight is 432 g/mol. The molecule has 1 aliphatic heterocycles. The van der Waals surface area contributed by atoms with Gasteiger partial charge < -0.3 is 9.72 Å². The highest BCUT2D eigenvalue weighted by atomic mass is 19.1. The molecule has 2 N–H and O–H groups in total. The zero-order valence-corrected chi connectivity index (χ0v) is 16.4. The van der Waals surface area contributed by atoms with Crippen LogP contribution in [0.4, 0.5) is 19.5 Å². The third kappa shape index (κ3) is 3.49. The van der Waals surface area contributed by atoms with E-state index in [1.165, 1.54) is 0 Å². The number of amides is 1. The number of aromatic amines is 1. The number of imidazole rings is 1. The molecule has 2 heterocycles. The molecule has 0 saturated carbocycles. The van der Waals surface area contributed by atoms with E-state index in [4.69, 9.17) is 4.74 Å². The molecule has 0 saturated heterocycles. The van der Waals surface area contributed by atoms with Crippen molar-refractivity contribution in [2.45, 2.75) is 0 Å². The van der Waals surface area contributed by atoms with Crippen molar-refractivity contribution in [2.24, 2.45) is 4.99 Å². The first-order valence-corrected chi connectivity index (χ1v) is 9.59. The second kappa shape index (κ2) is 7.69. The maximum atomic E-state index is 14.5. The molecule has 158 valence electrons. The SMILES string of the molecule is O=C(Nc1nc2ccc(C3=NCC(=O)c4c(F)ccc(F)c43)cc2[nH]1)Oc1ccccc1. The Bertz CT molecular complexity index is 1410. The van der Waals surface area contributed by atoms with E-state index in [0.717, 1.165) is 12.1 Å². The second-order valence-electron chi connectivity index (χ2n) is 7.01. The molecule has 0 radical (unpaired) electrons. The summed E-state index contributed by atoms with van der Waals surface area (Å²) in [6, 6.07) is 15.4. The smallest absolute Gasteiger partial charge is 0.410 e. The number of para-hydroxylation sites is 1. The van der Waals surface area contributed by atoms with E-state index in [0.29, 0.717) is 22.3 Å². The number of benzene rings is 3. The lowest BCUT2D eigenvalue weighted by Crippen LogP contribution is -2.23. The van der Waals surface area contributed by atoms with Gasteiger partial charge in [0.1, 0.15) is 23.9 Å². The van der Waals surface area contributed by atoms with E-state index in [-0.39, 0.29) is 29.3 Å². The number of ketones is 1. The van der Waals surface area contributed by atoms with Crippen molar-refractivity contribution in [3.63, 3.8) is 0 Å². The number of nitrogens with one attached hydrogen (secondary N) is 2. The Morgan fingerprint density at radius 3 is 2.53 bits per heavy atom. The highest BCUT2D eigenvalue weighted by molar-refractivity contribution is 6.22. The van der Waals surface area contributed by atoms with Crippen LogP contribution in [0.15, 0.2) is 65.7 Å². The molecule has 5 rings (SSSR count). The summed E-state index contributed by atoms with van der Waals surface area (Å²) in [7, 11) is 0. The molecular weight excluding hydrogens is 418 g/mol. The van der Waals surface area contributed by atoms with E-state index in [1.54, 1.807) is 48.5 Å². The normalized spacial score (nSPS) is 12.9. The van der Waals surface area contributed by atoms with Gasteiger partial charge in [0.05, 0.1) is 22.3 Å². The fourth-order valence-corrected chi connectivity index (χ4v) is 3.53. The average Bonchev–Trinajstić information content (AvgIpc) is 3.18. The number of carbonyl (C=O) groups is 2. The predicted octanol–water partition coefficient (Wildman–Crippen LogP) is 4.49. The number of Topliss-reactive ketones (excluding diaryl/α,β-unsaturated/α-hetero) is 1. The molecule has 1 aliphatic rings. The number of fused-ring (bicyclic) bond motifs is 2. The lowest BCUT2D eigenvalue weighted by molar-refractivity contribution is 0.0995.